The Bertz CT molecular complexity index is 439. The van der Waals surface area contributed by atoms with Crippen LogP contribution >= 0.6 is 0 Å². The largest absolute Gasteiger partial charge is 1.00 e. The Morgan fingerprint density at radius 2 is 1.03 bits per heavy atom. The third-order valence-electron chi connectivity index (χ3n) is 4.96. The standard InChI is InChI=1S/C18H36O2.C5H9NO4.2Na/c1-2-3-4-5-6-7-8-9-10-11-12-13-14-15-16-17-18(19)20;6-3(5(9)10)1-2-4(7)8;;/h2-17H2,1H3,(H,19,20);3H,1-2,6H2,(H,7,8)(H,9,10);;/q;;2*+1/p-2/t;3-;;/m.0../s1. The van der Waals surface area contributed by atoms with Crippen molar-refractivity contribution in [3.63, 3.8) is 0 Å². The van der Waals surface area contributed by atoms with E-state index in [1.807, 2.05) is 0 Å². The normalized spacial score (nSPS) is 10.7. The van der Waals surface area contributed by atoms with Crippen LogP contribution in [0.25, 0.3) is 0 Å². The topological polar surface area (TPSA) is 144 Å². The SMILES string of the molecule is CCCCCCCCCCCCCCCCCC(=O)O.N[C@@H](CCC(=O)[O-])C(=O)[O-].[Na+].[Na+]. The second-order valence-electron chi connectivity index (χ2n) is 7.93. The Kier molecular flexibility index (Phi) is 38.8. The van der Waals surface area contributed by atoms with Gasteiger partial charge in [-0.15, -0.1) is 0 Å². The maximum Gasteiger partial charge on any atom is 1.00 e. The first-order chi connectivity index (χ1) is 14.3. The van der Waals surface area contributed by atoms with Gasteiger partial charge in [0.2, 0.25) is 0 Å². The molecule has 0 aliphatic rings. The van der Waals surface area contributed by atoms with Gasteiger partial charge in [0.1, 0.15) is 0 Å². The molecule has 0 rings (SSSR count). The minimum atomic E-state index is -1.44. The fourth-order valence-corrected chi connectivity index (χ4v) is 3.04. The van der Waals surface area contributed by atoms with Gasteiger partial charge in [0.15, 0.2) is 0 Å². The summed E-state index contributed by atoms with van der Waals surface area (Å²) in [5, 5.41) is 28.1. The summed E-state index contributed by atoms with van der Waals surface area (Å²) >= 11 is 0. The van der Waals surface area contributed by atoms with Crippen LogP contribution in [0.3, 0.4) is 0 Å². The van der Waals surface area contributed by atoms with E-state index in [2.05, 4.69) is 6.92 Å². The smallest absolute Gasteiger partial charge is 0.550 e. The molecule has 0 fully saturated rings. The number of rotatable bonds is 20. The number of hydrogen-bond donors (Lipinski definition) is 2. The van der Waals surface area contributed by atoms with Crippen molar-refractivity contribution in [1.82, 2.24) is 0 Å². The third kappa shape index (κ3) is 37.7. The number of carboxylic acids is 3. The average molecular weight is 476 g/mol. The van der Waals surface area contributed by atoms with Crippen LogP contribution in [-0.2, 0) is 14.4 Å². The van der Waals surface area contributed by atoms with Crippen LogP contribution < -0.4 is 75.1 Å². The first kappa shape index (κ1) is 39.6. The van der Waals surface area contributed by atoms with E-state index in [1.165, 1.54) is 83.5 Å². The van der Waals surface area contributed by atoms with Gasteiger partial charge in [0.25, 0.3) is 0 Å². The Labute approximate surface area is 239 Å². The predicted octanol–water partition coefficient (Wildman–Crippen LogP) is -3.07. The van der Waals surface area contributed by atoms with Crippen LogP contribution in [-0.4, -0.2) is 29.1 Å². The molecule has 0 heterocycles. The zero-order valence-corrected chi connectivity index (χ0v) is 24.9. The van der Waals surface area contributed by atoms with E-state index >= 15 is 0 Å². The molecule has 0 amide bonds. The molecule has 0 aliphatic carbocycles. The first-order valence-electron chi connectivity index (χ1n) is 11.7. The summed E-state index contributed by atoms with van der Waals surface area (Å²) in [4.78, 5) is 29.9. The number of carboxylic acid groups (broad SMARTS) is 3. The van der Waals surface area contributed by atoms with Crippen LogP contribution in [0.2, 0.25) is 0 Å². The van der Waals surface area contributed by atoms with Gasteiger partial charge in [0, 0.05) is 18.4 Å². The molecule has 0 saturated heterocycles. The third-order valence-corrected chi connectivity index (χ3v) is 4.96. The second-order valence-corrected chi connectivity index (χ2v) is 7.93. The zero-order valence-electron chi connectivity index (χ0n) is 20.9. The zero-order chi connectivity index (χ0) is 23.0. The first-order valence-corrected chi connectivity index (χ1v) is 11.7. The fourth-order valence-electron chi connectivity index (χ4n) is 3.04. The molecule has 0 saturated carbocycles. The molecule has 7 nitrogen and oxygen atoms in total. The Morgan fingerprint density at radius 3 is 1.31 bits per heavy atom. The van der Waals surface area contributed by atoms with Crippen LogP contribution in [0.1, 0.15) is 122 Å². The number of nitrogens with two attached hydrogens (primary N) is 1. The quantitative estimate of drug-likeness (QED) is 0.140. The summed E-state index contributed by atoms with van der Waals surface area (Å²) in [6, 6.07) is -1.21. The fraction of sp³-hybridized carbons (Fsp3) is 0.870. The average Bonchev–Trinajstić information content (AvgIpc) is 2.69. The molecular formula is C23H43NNa2O6. The summed E-state index contributed by atoms with van der Waals surface area (Å²) in [7, 11) is 0. The van der Waals surface area contributed by atoms with Crippen molar-refractivity contribution < 1.29 is 88.8 Å². The molecule has 0 aliphatic heterocycles. The number of aliphatic carboxylic acids is 3. The van der Waals surface area contributed by atoms with Crippen LogP contribution in [0, 0.1) is 0 Å². The number of carbonyl (C=O) groups excluding carboxylic acids is 2. The van der Waals surface area contributed by atoms with E-state index in [0.29, 0.717) is 6.42 Å². The van der Waals surface area contributed by atoms with Gasteiger partial charge in [0.05, 0.1) is 5.97 Å². The summed E-state index contributed by atoms with van der Waals surface area (Å²) in [6.07, 6.45) is 19.7. The van der Waals surface area contributed by atoms with Crippen LogP contribution in [0.4, 0.5) is 0 Å². The van der Waals surface area contributed by atoms with Crippen molar-refractivity contribution in [2.45, 2.75) is 129 Å². The molecule has 1 atom stereocenters. The summed E-state index contributed by atoms with van der Waals surface area (Å²) in [5.74, 6) is -3.40. The van der Waals surface area contributed by atoms with Crippen molar-refractivity contribution in [2.24, 2.45) is 5.73 Å². The van der Waals surface area contributed by atoms with Gasteiger partial charge in [-0.2, -0.15) is 0 Å². The Balaban J connectivity index is -0.000000279. The molecular weight excluding hydrogens is 432 g/mol. The summed E-state index contributed by atoms with van der Waals surface area (Å²) in [5.41, 5.74) is 4.91. The van der Waals surface area contributed by atoms with Gasteiger partial charge < -0.3 is 30.6 Å². The molecule has 0 unspecified atom stereocenters. The van der Waals surface area contributed by atoms with E-state index in [4.69, 9.17) is 10.8 Å². The summed E-state index contributed by atoms with van der Waals surface area (Å²) < 4.78 is 0. The van der Waals surface area contributed by atoms with Crippen molar-refractivity contribution in [3.05, 3.63) is 0 Å². The number of carbonyl (C=O) groups is 3. The van der Waals surface area contributed by atoms with Gasteiger partial charge in [-0.1, -0.05) is 96.8 Å². The molecule has 9 heteroatoms. The van der Waals surface area contributed by atoms with Crippen molar-refractivity contribution >= 4 is 17.9 Å². The Hall–Kier alpha value is 0.370. The summed E-state index contributed by atoms with van der Waals surface area (Å²) in [6.45, 7) is 2.27. The van der Waals surface area contributed by atoms with E-state index in [1.54, 1.807) is 0 Å². The van der Waals surface area contributed by atoms with Crippen molar-refractivity contribution in [3.8, 4) is 0 Å². The van der Waals surface area contributed by atoms with E-state index in [9.17, 15) is 24.6 Å². The van der Waals surface area contributed by atoms with Crippen molar-refractivity contribution in [1.29, 1.82) is 0 Å². The van der Waals surface area contributed by atoms with E-state index in [-0.39, 0.29) is 72.0 Å². The molecule has 0 spiro atoms. The maximum atomic E-state index is 10.3. The van der Waals surface area contributed by atoms with Gasteiger partial charge in [-0.3, -0.25) is 4.79 Å². The molecule has 32 heavy (non-hydrogen) atoms. The Morgan fingerprint density at radius 1 is 0.688 bits per heavy atom. The monoisotopic (exact) mass is 475 g/mol. The molecule has 178 valence electrons. The second kappa shape index (κ2) is 31.4. The molecule has 0 bridgehead atoms. The van der Waals surface area contributed by atoms with Crippen LogP contribution in [0.5, 0.6) is 0 Å². The minimum absolute atomic E-state index is 0. The molecule has 0 aromatic carbocycles. The van der Waals surface area contributed by atoms with Crippen LogP contribution in [0.15, 0.2) is 0 Å². The maximum absolute atomic E-state index is 10.3. The van der Waals surface area contributed by atoms with E-state index in [0.717, 1.165) is 12.8 Å². The van der Waals surface area contributed by atoms with Gasteiger partial charge >= 0.3 is 65.1 Å². The predicted molar refractivity (Wildman–Crippen MR) is 114 cm³/mol. The van der Waals surface area contributed by atoms with Crippen molar-refractivity contribution in [2.75, 3.05) is 0 Å². The van der Waals surface area contributed by atoms with Gasteiger partial charge in [-0.05, 0) is 19.3 Å². The molecule has 0 aromatic rings. The minimum Gasteiger partial charge on any atom is -0.550 e. The number of hydrogen-bond acceptors (Lipinski definition) is 6. The molecule has 0 radical (unpaired) electrons. The number of unbranched alkanes of at least 4 members (excludes halogenated alkanes) is 14. The molecule has 3 N–H and O–H groups in total. The van der Waals surface area contributed by atoms with E-state index < -0.39 is 23.9 Å². The van der Waals surface area contributed by atoms with Gasteiger partial charge in [-0.25, -0.2) is 0 Å². The molecule has 0 aromatic heterocycles.